The van der Waals surface area contributed by atoms with Crippen molar-refractivity contribution in [1.29, 1.82) is 0 Å². The standard InChI is InChI=1S/C24H17N5O2/c30-21-9-11-31-22-14-17(4-5-18(21)22)20-7-8-23-26-27-24(29(23)28-20)13-15-3-6-19-16(12-15)2-1-10-25-19/h1-8,10,12,14H,9,11,13H2. The number of rotatable bonds is 3. The first kappa shape index (κ1) is 17.7. The summed E-state index contributed by atoms with van der Waals surface area (Å²) in [6.07, 6.45) is 2.82. The zero-order valence-corrected chi connectivity index (χ0v) is 16.5. The number of pyridine rings is 1. The number of carbonyl (C=O) groups excluding carboxylic acids is 1. The SMILES string of the molecule is O=C1CCOc2cc(-c3ccc4nnc(Cc5ccc6ncccc6c5)n4n3)ccc21. The number of aromatic nitrogens is 5. The Morgan fingerprint density at radius 2 is 1.97 bits per heavy atom. The lowest BCUT2D eigenvalue weighted by atomic mass is 10.0. The van der Waals surface area contributed by atoms with Gasteiger partial charge in [0, 0.05) is 30.0 Å². The quantitative estimate of drug-likeness (QED) is 0.451. The Kier molecular flexibility index (Phi) is 3.99. The van der Waals surface area contributed by atoms with Crippen LogP contribution < -0.4 is 4.74 Å². The van der Waals surface area contributed by atoms with Crippen molar-refractivity contribution >= 4 is 22.3 Å². The average molecular weight is 407 g/mol. The summed E-state index contributed by atoms with van der Waals surface area (Å²) in [5.74, 6) is 1.48. The maximum absolute atomic E-state index is 12.1. The van der Waals surface area contributed by atoms with Crippen LogP contribution >= 0.6 is 0 Å². The number of benzene rings is 2. The van der Waals surface area contributed by atoms with Gasteiger partial charge in [0.2, 0.25) is 0 Å². The van der Waals surface area contributed by atoms with Gasteiger partial charge >= 0.3 is 0 Å². The molecule has 6 rings (SSSR count). The number of ether oxygens (including phenoxy) is 1. The van der Waals surface area contributed by atoms with Crippen LogP contribution in [0.5, 0.6) is 5.75 Å². The fourth-order valence-corrected chi connectivity index (χ4v) is 3.93. The van der Waals surface area contributed by atoms with E-state index in [2.05, 4.69) is 27.3 Å². The molecule has 4 heterocycles. The molecule has 0 atom stereocenters. The van der Waals surface area contributed by atoms with E-state index >= 15 is 0 Å². The Labute approximate surface area is 177 Å². The molecule has 0 radical (unpaired) electrons. The van der Waals surface area contributed by atoms with Crippen molar-refractivity contribution < 1.29 is 9.53 Å². The second kappa shape index (κ2) is 6.98. The van der Waals surface area contributed by atoms with Crippen LogP contribution in [0.2, 0.25) is 0 Å². The van der Waals surface area contributed by atoms with Gasteiger partial charge in [0.05, 0.1) is 23.4 Å². The summed E-state index contributed by atoms with van der Waals surface area (Å²) in [6, 6.07) is 19.6. The number of carbonyl (C=O) groups is 1. The molecule has 3 aromatic heterocycles. The van der Waals surface area contributed by atoms with Gasteiger partial charge in [-0.1, -0.05) is 18.2 Å². The van der Waals surface area contributed by atoms with Gasteiger partial charge in [-0.2, -0.15) is 9.61 Å². The predicted molar refractivity (Wildman–Crippen MR) is 115 cm³/mol. The molecule has 0 N–H and O–H groups in total. The molecule has 7 nitrogen and oxygen atoms in total. The first-order valence-electron chi connectivity index (χ1n) is 10.1. The van der Waals surface area contributed by atoms with E-state index in [-0.39, 0.29) is 5.78 Å². The lowest BCUT2D eigenvalue weighted by molar-refractivity contribution is 0.0933. The average Bonchev–Trinajstić information content (AvgIpc) is 3.21. The number of Topliss-reactive ketones (excluding diaryl/α,β-unsaturated/α-hetero) is 1. The summed E-state index contributed by atoms with van der Waals surface area (Å²) in [5.41, 5.74) is 5.04. The van der Waals surface area contributed by atoms with Crippen LogP contribution in [0.25, 0.3) is 27.8 Å². The van der Waals surface area contributed by atoms with Crippen LogP contribution in [0.1, 0.15) is 28.2 Å². The zero-order valence-electron chi connectivity index (χ0n) is 16.5. The van der Waals surface area contributed by atoms with Crippen LogP contribution in [0.4, 0.5) is 0 Å². The molecule has 7 heteroatoms. The van der Waals surface area contributed by atoms with E-state index in [1.165, 1.54) is 0 Å². The molecule has 0 aliphatic carbocycles. The molecule has 150 valence electrons. The van der Waals surface area contributed by atoms with Gasteiger partial charge in [0.25, 0.3) is 0 Å². The van der Waals surface area contributed by atoms with E-state index in [4.69, 9.17) is 9.84 Å². The monoisotopic (exact) mass is 407 g/mol. The molecule has 0 amide bonds. The van der Waals surface area contributed by atoms with Crippen LogP contribution in [0, 0.1) is 0 Å². The lowest BCUT2D eigenvalue weighted by Gasteiger charge is -2.16. The number of hydrogen-bond acceptors (Lipinski definition) is 6. The summed E-state index contributed by atoms with van der Waals surface area (Å²) >= 11 is 0. The van der Waals surface area contributed by atoms with Crippen LogP contribution in [0.3, 0.4) is 0 Å². The smallest absolute Gasteiger partial charge is 0.177 e. The largest absolute Gasteiger partial charge is 0.492 e. The molecule has 0 spiro atoms. The van der Waals surface area contributed by atoms with Crippen molar-refractivity contribution in [3.8, 4) is 17.0 Å². The predicted octanol–water partition coefficient (Wildman–Crippen LogP) is 3.90. The highest BCUT2D eigenvalue weighted by Crippen LogP contribution is 2.30. The summed E-state index contributed by atoms with van der Waals surface area (Å²) < 4.78 is 7.45. The van der Waals surface area contributed by atoms with E-state index in [9.17, 15) is 4.79 Å². The van der Waals surface area contributed by atoms with Gasteiger partial charge in [-0.15, -0.1) is 10.2 Å². The van der Waals surface area contributed by atoms with Crippen LogP contribution in [-0.4, -0.2) is 37.2 Å². The van der Waals surface area contributed by atoms with Crippen molar-refractivity contribution in [3.05, 3.63) is 83.8 Å². The summed E-state index contributed by atoms with van der Waals surface area (Å²) in [4.78, 5) is 16.4. The van der Waals surface area contributed by atoms with E-state index in [0.29, 0.717) is 36.4 Å². The molecule has 1 aliphatic rings. The summed E-state index contributed by atoms with van der Waals surface area (Å²) in [7, 11) is 0. The molecule has 0 bridgehead atoms. The molecule has 5 aromatic rings. The number of ketones is 1. The fraction of sp³-hybridized carbons (Fsp3) is 0.125. The normalized spacial score (nSPS) is 13.4. The van der Waals surface area contributed by atoms with Crippen LogP contribution in [-0.2, 0) is 6.42 Å². The highest BCUT2D eigenvalue weighted by Gasteiger charge is 2.19. The van der Waals surface area contributed by atoms with Gasteiger partial charge in [0.15, 0.2) is 17.3 Å². The van der Waals surface area contributed by atoms with E-state index in [0.717, 1.165) is 33.5 Å². The van der Waals surface area contributed by atoms with Crippen LogP contribution in [0.15, 0.2) is 66.9 Å². The molecule has 0 saturated carbocycles. The highest BCUT2D eigenvalue weighted by molar-refractivity contribution is 6.00. The van der Waals surface area contributed by atoms with Crippen molar-refractivity contribution in [2.24, 2.45) is 0 Å². The molecule has 2 aromatic carbocycles. The van der Waals surface area contributed by atoms with Crippen molar-refractivity contribution in [3.63, 3.8) is 0 Å². The number of nitrogens with zero attached hydrogens (tertiary/aromatic N) is 5. The molecule has 1 aliphatic heterocycles. The third-order valence-corrected chi connectivity index (χ3v) is 5.52. The van der Waals surface area contributed by atoms with E-state index in [1.54, 1.807) is 10.7 Å². The fourth-order valence-electron chi connectivity index (χ4n) is 3.93. The second-order valence-corrected chi connectivity index (χ2v) is 7.54. The van der Waals surface area contributed by atoms with Gasteiger partial charge in [-0.3, -0.25) is 9.78 Å². The number of hydrogen-bond donors (Lipinski definition) is 0. The molecular formula is C24H17N5O2. The van der Waals surface area contributed by atoms with Crippen molar-refractivity contribution in [1.82, 2.24) is 24.8 Å². The van der Waals surface area contributed by atoms with Gasteiger partial charge in [-0.05, 0) is 48.0 Å². The number of fused-ring (bicyclic) bond motifs is 3. The maximum Gasteiger partial charge on any atom is 0.177 e. The Bertz CT molecular complexity index is 1470. The minimum absolute atomic E-state index is 0.114. The Morgan fingerprint density at radius 3 is 2.94 bits per heavy atom. The Hall–Kier alpha value is -4.13. The molecule has 0 unspecified atom stereocenters. The third kappa shape index (κ3) is 3.11. The first-order valence-corrected chi connectivity index (χ1v) is 10.1. The van der Waals surface area contributed by atoms with Gasteiger partial charge in [0.1, 0.15) is 5.75 Å². The second-order valence-electron chi connectivity index (χ2n) is 7.54. The van der Waals surface area contributed by atoms with E-state index < -0.39 is 0 Å². The minimum atomic E-state index is 0.114. The molecule has 0 fully saturated rings. The van der Waals surface area contributed by atoms with E-state index in [1.807, 2.05) is 48.5 Å². The maximum atomic E-state index is 12.1. The molecular weight excluding hydrogens is 390 g/mol. The topological polar surface area (TPSA) is 82.3 Å². The lowest BCUT2D eigenvalue weighted by Crippen LogP contribution is -2.15. The van der Waals surface area contributed by atoms with Gasteiger partial charge in [-0.25, -0.2) is 0 Å². The third-order valence-electron chi connectivity index (χ3n) is 5.52. The minimum Gasteiger partial charge on any atom is -0.492 e. The Morgan fingerprint density at radius 1 is 1.00 bits per heavy atom. The van der Waals surface area contributed by atoms with Crippen molar-refractivity contribution in [2.45, 2.75) is 12.8 Å². The summed E-state index contributed by atoms with van der Waals surface area (Å²) in [5, 5.41) is 14.5. The van der Waals surface area contributed by atoms with Gasteiger partial charge < -0.3 is 4.74 Å². The first-order chi connectivity index (χ1) is 15.2. The zero-order chi connectivity index (χ0) is 20.8. The summed E-state index contributed by atoms with van der Waals surface area (Å²) in [6.45, 7) is 0.415. The Balaban J connectivity index is 1.38. The highest BCUT2D eigenvalue weighted by atomic mass is 16.5. The van der Waals surface area contributed by atoms with Crippen molar-refractivity contribution in [2.75, 3.05) is 6.61 Å². The molecule has 31 heavy (non-hydrogen) atoms. The molecule has 0 saturated heterocycles.